The first-order valence-corrected chi connectivity index (χ1v) is 7.57. The van der Waals surface area contributed by atoms with Crippen LogP contribution in [0.25, 0.3) is 0 Å². The molecule has 0 aliphatic carbocycles. The molecule has 1 aromatic rings. The Hall–Kier alpha value is -0.940. The molecule has 0 spiro atoms. The molecule has 4 nitrogen and oxygen atoms in total. The van der Waals surface area contributed by atoms with Gasteiger partial charge in [-0.1, -0.05) is 12.1 Å². The number of alkyl halides is 1. The summed E-state index contributed by atoms with van der Waals surface area (Å²) >= 11 is 5.70. The summed E-state index contributed by atoms with van der Waals surface area (Å²) < 4.78 is 27.6. The third-order valence-corrected chi connectivity index (χ3v) is 5.30. The molecule has 0 N–H and O–H groups in total. The minimum Gasteiger partial charge on any atom is -0.251 e. The maximum absolute atomic E-state index is 12.4. The van der Waals surface area contributed by atoms with E-state index >= 15 is 0 Å². The van der Waals surface area contributed by atoms with Gasteiger partial charge >= 0.3 is 10.2 Å². The van der Waals surface area contributed by atoms with Crippen molar-refractivity contribution >= 4 is 33.2 Å². The van der Waals surface area contributed by atoms with Crippen LogP contribution in [0.5, 0.6) is 0 Å². The number of anilines is 2. The number of halogens is 1. The monoisotopic (exact) mass is 272 g/mol. The minimum atomic E-state index is -3.39. The zero-order valence-corrected chi connectivity index (χ0v) is 10.8. The molecule has 0 saturated carbocycles. The molecule has 17 heavy (non-hydrogen) atoms. The number of hydrogen-bond donors (Lipinski definition) is 0. The van der Waals surface area contributed by atoms with Crippen LogP contribution in [0.2, 0.25) is 0 Å². The van der Waals surface area contributed by atoms with Crippen molar-refractivity contribution in [2.24, 2.45) is 0 Å². The molecule has 6 heteroatoms. The van der Waals surface area contributed by atoms with E-state index in [2.05, 4.69) is 0 Å². The summed E-state index contributed by atoms with van der Waals surface area (Å²) in [7, 11) is -3.39. The highest BCUT2D eigenvalue weighted by Crippen LogP contribution is 2.45. The quantitative estimate of drug-likeness (QED) is 0.770. The second-order valence-corrected chi connectivity index (χ2v) is 6.38. The van der Waals surface area contributed by atoms with Gasteiger partial charge in [0, 0.05) is 19.0 Å². The SMILES string of the molecule is O=S1(=O)N(CCCl)c2cccc3c2N1CCC3. The number of para-hydroxylation sites is 1. The smallest absolute Gasteiger partial charge is 0.251 e. The van der Waals surface area contributed by atoms with Crippen LogP contribution < -0.4 is 8.61 Å². The van der Waals surface area contributed by atoms with E-state index in [1.807, 2.05) is 18.2 Å². The summed E-state index contributed by atoms with van der Waals surface area (Å²) in [5.74, 6) is 0.302. The van der Waals surface area contributed by atoms with Gasteiger partial charge in [-0.3, -0.25) is 4.31 Å². The van der Waals surface area contributed by atoms with Crippen LogP contribution in [0.1, 0.15) is 12.0 Å². The molecule has 92 valence electrons. The van der Waals surface area contributed by atoms with Crippen LogP contribution in [0.15, 0.2) is 18.2 Å². The topological polar surface area (TPSA) is 40.6 Å². The molecule has 0 fully saturated rings. The van der Waals surface area contributed by atoms with Crippen LogP contribution in [-0.4, -0.2) is 27.4 Å². The Bertz CT molecular complexity index is 559. The van der Waals surface area contributed by atoms with E-state index in [-0.39, 0.29) is 0 Å². The summed E-state index contributed by atoms with van der Waals surface area (Å²) in [6, 6.07) is 5.78. The third-order valence-electron chi connectivity index (χ3n) is 3.27. The van der Waals surface area contributed by atoms with Crippen molar-refractivity contribution in [3.63, 3.8) is 0 Å². The fourth-order valence-electron chi connectivity index (χ4n) is 2.58. The Kier molecular flexibility index (Phi) is 2.48. The van der Waals surface area contributed by atoms with Crippen molar-refractivity contribution in [1.82, 2.24) is 0 Å². The lowest BCUT2D eigenvalue weighted by Gasteiger charge is -2.24. The van der Waals surface area contributed by atoms with Crippen molar-refractivity contribution in [3.8, 4) is 0 Å². The second-order valence-electron chi connectivity index (χ2n) is 4.23. The molecule has 3 rings (SSSR count). The minimum absolute atomic E-state index is 0.302. The summed E-state index contributed by atoms with van der Waals surface area (Å²) in [4.78, 5) is 0. The van der Waals surface area contributed by atoms with Crippen LogP contribution in [-0.2, 0) is 16.6 Å². The van der Waals surface area contributed by atoms with Crippen molar-refractivity contribution in [2.45, 2.75) is 12.8 Å². The largest absolute Gasteiger partial charge is 0.326 e. The first-order valence-electron chi connectivity index (χ1n) is 5.64. The van der Waals surface area contributed by atoms with Crippen LogP contribution >= 0.6 is 11.6 Å². The Morgan fingerprint density at radius 1 is 1.35 bits per heavy atom. The molecule has 0 atom stereocenters. The average molecular weight is 273 g/mol. The normalized spacial score (nSPS) is 20.5. The number of benzene rings is 1. The van der Waals surface area contributed by atoms with E-state index < -0.39 is 10.2 Å². The van der Waals surface area contributed by atoms with Gasteiger partial charge in [0.1, 0.15) is 0 Å². The van der Waals surface area contributed by atoms with Gasteiger partial charge in [-0.15, -0.1) is 11.6 Å². The molecular formula is C11H13ClN2O2S. The highest BCUT2D eigenvalue weighted by atomic mass is 35.5. The zero-order valence-electron chi connectivity index (χ0n) is 9.26. The summed E-state index contributed by atoms with van der Waals surface area (Å²) in [5.41, 5.74) is 2.76. The van der Waals surface area contributed by atoms with Gasteiger partial charge in [-0.2, -0.15) is 8.42 Å². The van der Waals surface area contributed by atoms with E-state index in [4.69, 9.17) is 11.6 Å². The van der Waals surface area contributed by atoms with E-state index in [9.17, 15) is 8.42 Å². The van der Waals surface area contributed by atoms with E-state index in [0.29, 0.717) is 19.0 Å². The Morgan fingerprint density at radius 2 is 2.18 bits per heavy atom. The average Bonchev–Trinajstić information content (AvgIpc) is 2.54. The first-order chi connectivity index (χ1) is 8.16. The van der Waals surface area contributed by atoms with Crippen molar-refractivity contribution in [2.75, 3.05) is 27.6 Å². The van der Waals surface area contributed by atoms with Gasteiger partial charge in [-0.25, -0.2) is 4.31 Å². The lowest BCUT2D eigenvalue weighted by atomic mass is 10.0. The Balaban J connectivity index is 2.22. The fraction of sp³-hybridized carbons (Fsp3) is 0.455. The number of nitrogens with zero attached hydrogens (tertiary/aromatic N) is 2. The van der Waals surface area contributed by atoms with Gasteiger partial charge in [-0.05, 0) is 24.5 Å². The molecule has 0 amide bonds. The van der Waals surface area contributed by atoms with Gasteiger partial charge in [0.15, 0.2) is 0 Å². The molecule has 0 saturated heterocycles. The van der Waals surface area contributed by atoms with Crippen molar-refractivity contribution < 1.29 is 8.42 Å². The van der Waals surface area contributed by atoms with Crippen molar-refractivity contribution in [3.05, 3.63) is 23.8 Å². The first kappa shape index (κ1) is 11.2. The highest BCUT2D eigenvalue weighted by Gasteiger charge is 2.42. The molecule has 1 aromatic carbocycles. The van der Waals surface area contributed by atoms with Crippen LogP contribution in [0, 0.1) is 0 Å². The van der Waals surface area contributed by atoms with Gasteiger partial charge in [0.25, 0.3) is 0 Å². The number of hydrogen-bond acceptors (Lipinski definition) is 2. The number of rotatable bonds is 2. The molecule has 2 heterocycles. The Labute approximate surface area is 106 Å². The van der Waals surface area contributed by atoms with E-state index in [0.717, 1.165) is 29.8 Å². The highest BCUT2D eigenvalue weighted by molar-refractivity contribution is 7.94. The molecule has 0 radical (unpaired) electrons. The molecule has 0 unspecified atom stereocenters. The third kappa shape index (κ3) is 1.45. The maximum Gasteiger partial charge on any atom is 0.326 e. The summed E-state index contributed by atoms with van der Waals surface area (Å²) in [6.45, 7) is 0.905. The number of aryl methyl sites for hydroxylation is 1. The maximum atomic E-state index is 12.4. The van der Waals surface area contributed by atoms with Crippen LogP contribution in [0.3, 0.4) is 0 Å². The lowest BCUT2D eigenvalue weighted by Crippen LogP contribution is -2.40. The molecule has 0 bridgehead atoms. The lowest BCUT2D eigenvalue weighted by molar-refractivity contribution is 0.587. The zero-order chi connectivity index (χ0) is 12.0. The Morgan fingerprint density at radius 3 is 2.94 bits per heavy atom. The van der Waals surface area contributed by atoms with Crippen LogP contribution in [0.4, 0.5) is 11.4 Å². The summed E-state index contributed by atoms with van der Waals surface area (Å²) in [6.07, 6.45) is 1.83. The van der Waals surface area contributed by atoms with E-state index in [1.165, 1.54) is 8.61 Å². The van der Waals surface area contributed by atoms with E-state index in [1.54, 1.807) is 0 Å². The predicted molar refractivity (Wildman–Crippen MR) is 69.1 cm³/mol. The predicted octanol–water partition coefficient (Wildman–Crippen LogP) is 1.74. The fourth-order valence-corrected chi connectivity index (χ4v) is 4.61. The van der Waals surface area contributed by atoms with Gasteiger partial charge in [0.2, 0.25) is 0 Å². The van der Waals surface area contributed by atoms with Gasteiger partial charge in [0.05, 0.1) is 11.4 Å². The van der Waals surface area contributed by atoms with Crippen molar-refractivity contribution in [1.29, 1.82) is 0 Å². The molecule has 0 aromatic heterocycles. The standard InChI is InChI=1S/C11H13ClN2O2S/c12-6-8-13-10-5-1-3-9-4-2-7-14(11(9)10)17(13,15)16/h1,3,5H,2,4,6-8H2. The summed E-state index contributed by atoms with van der Waals surface area (Å²) in [5, 5.41) is 0. The molecule has 2 aliphatic heterocycles. The molecule has 2 aliphatic rings. The second kappa shape index (κ2) is 3.78. The van der Waals surface area contributed by atoms with Gasteiger partial charge < -0.3 is 0 Å². The molecular weight excluding hydrogens is 260 g/mol.